The number of primary amides is 1. The number of amides is 3. The summed E-state index contributed by atoms with van der Waals surface area (Å²) in [6.07, 6.45) is 1.91. The third kappa shape index (κ3) is 3.35. The van der Waals surface area contributed by atoms with E-state index in [1.807, 2.05) is 35.7 Å². The molecule has 0 radical (unpaired) electrons. The number of nitrogens with one attached hydrogen (secondary N) is 1. The number of thiophene rings is 1. The summed E-state index contributed by atoms with van der Waals surface area (Å²) in [5, 5.41) is 4.57. The zero-order chi connectivity index (χ0) is 17.1. The largest absolute Gasteiger partial charge is 0.398 e. The van der Waals surface area contributed by atoms with Crippen molar-refractivity contribution in [2.24, 2.45) is 5.73 Å². The van der Waals surface area contributed by atoms with Crippen LogP contribution < -0.4 is 21.7 Å². The van der Waals surface area contributed by atoms with Crippen LogP contribution in [0.4, 0.5) is 16.2 Å². The van der Waals surface area contributed by atoms with Crippen LogP contribution in [0, 0.1) is 0 Å². The molecular weight excluding hydrogens is 324 g/mol. The summed E-state index contributed by atoms with van der Waals surface area (Å²) >= 11 is 1.49. The quantitative estimate of drug-likeness (QED) is 0.742. The molecule has 2 aromatic rings. The molecule has 0 saturated heterocycles. The number of carbonyl (C=O) groups is 2. The van der Waals surface area contributed by atoms with Gasteiger partial charge >= 0.3 is 6.03 Å². The molecule has 1 aromatic carbocycles. The van der Waals surface area contributed by atoms with Crippen molar-refractivity contribution in [3.05, 3.63) is 46.2 Å². The van der Waals surface area contributed by atoms with Gasteiger partial charge in [-0.1, -0.05) is 12.1 Å². The van der Waals surface area contributed by atoms with Gasteiger partial charge in [0.05, 0.1) is 12.5 Å². The highest BCUT2D eigenvalue weighted by atomic mass is 32.1. The molecule has 0 fully saturated rings. The summed E-state index contributed by atoms with van der Waals surface area (Å²) in [6, 6.07) is 8.36. The summed E-state index contributed by atoms with van der Waals surface area (Å²) in [7, 11) is 0. The fourth-order valence-corrected chi connectivity index (χ4v) is 3.86. The molecule has 1 aliphatic rings. The number of nitrogens with zero attached hydrogens (tertiary/aromatic N) is 1. The minimum Gasteiger partial charge on any atom is -0.398 e. The maximum Gasteiger partial charge on any atom is 0.312 e. The summed E-state index contributed by atoms with van der Waals surface area (Å²) < 4.78 is 0. The summed E-state index contributed by atoms with van der Waals surface area (Å²) in [4.78, 5) is 26.8. The molecule has 0 bridgehead atoms. The molecule has 1 unspecified atom stereocenters. The molecular formula is C17H20N4O2S. The van der Waals surface area contributed by atoms with Crippen LogP contribution in [0.25, 0.3) is 0 Å². The SMILES string of the molecule is NC(=O)NC(CC(=O)N1CCCc2c(N)cccc21)c1cccs1. The van der Waals surface area contributed by atoms with Crippen LogP contribution in [0.5, 0.6) is 0 Å². The fraction of sp³-hybridized carbons (Fsp3) is 0.294. The first kappa shape index (κ1) is 16.3. The van der Waals surface area contributed by atoms with Crippen LogP contribution in [0.1, 0.15) is 29.3 Å². The predicted molar refractivity (Wildman–Crippen MR) is 95.9 cm³/mol. The maximum absolute atomic E-state index is 12.9. The molecule has 1 aromatic heterocycles. The lowest BCUT2D eigenvalue weighted by atomic mass is 9.99. The van der Waals surface area contributed by atoms with E-state index in [1.54, 1.807) is 4.90 Å². The van der Waals surface area contributed by atoms with Crippen molar-refractivity contribution in [1.29, 1.82) is 0 Å². The predicted octanol–water partition coefficient (Wildman–Crippen LogP) is 2.41. The van der Waals surface area contributed by atoms with Crippen molar-refractivity contribution < 1.29 is 9.59 Å². The Balaban J connectivity index is 1.82. The van der Waals surface area contributed by atoms with Crippen molar-refractivity contribution in [2.45, 2.75) is 25.3 Å². The zero-order valence-corrected chi connectivity index (χ0v) is 14.0. The Hall–Kier alpha value is -2.54. The Morgan fingerprint density at radius 1 is 1.29 bits per heavy atom. The minimum atomic E-state index is -0.635. The van der Waals surface area contributed by atoms with Gasteiger partial charge in [0.25, 0.3) is 0 Å². The van der Waals surface area contributed by atoms with Crippen molar-refractivity contribution in [1.82, 2.24) is 5.32 Å². The topological polar surface area (TPSA) is 101 Å². The molecule has 0 aliphatic carbocycles. The molecule has 0 spiro atoms. The van der Waals surface area contributed by atoms with Crippen LogP contribution in [-0.4, -0.2) is 18.5 Å². The number of hydrogen-bond donors (Lipinski definition) is 3. The van der Waals surface area contributed by atoms with Crippen molar-refractivity contribution in [2.75, 3.05) is 17.2 Å². The molecule has 0 saturated carbocycles. The number of hydrogen-bond acceptors (Lipinski definition) is 4. The van der Waals surface area contributed by atoms with Crippen LogP contribution in [0.15, 0.2) is 35.7 Å². The van der Waals surface area contributed by atoms with Crippen molar-refractivity contribution in [3.63, 3.8) is 0 Å². The van der Waals surface area contributed by atoms with Gasteiger partial charge in [0.15, 0.2) is 0 Å². The minimum absolute atomic E-state index is 0.0475. The standard InChI is InChI=1S/C17H20N4O2S/c18-12-5-1-6-14-11(12)4-2-8-21(14)16(22)10-13(20-17(19)23)15-7-3-9-24-15/h1,3,5-7,9,13H,2,4,8,10,18H2,(H3,19,20,23). The van der Waals surface area contributed by atoms with Crippen LogP contribution in [0.2, 0.25) is 0 Å². The van der Waals surface area contributed by atoms with E-state index in [4.69, 9.17) is 11.5 Å². The van der Waals surface area contributed by atoms with Crippen molar-refractivity contribution >= 4 is 34.6 Å². The van der Waals surface area contributed by atoms with E-state index in [2.05, 4.69) is 5.32 Å². The second-order valence-electron chi connectivity index (χ2n) is 5.77. The first-order chi connectivity index (χ1) is 11.6. The molecule has 126 valence electrons. The van der Waals surface area contributed by atoms with E-state index in [-0.39, 0.29) is 12.3 Å². The van der Waals surface area contributed by atoms with E-state index >= 15 is 0 Å². The first-order valence-corrected chi connectivity index (χ1v) is 8.71. The van der Waals surface area contributed by atoms with Gasteiger partial charge in [0.1, 0.15) is 0 Å². The third-order valence-electron chi connectivity index (χ3n) is 4.17. The van der Waals surface area contributed by atoms with Crippen molar-refractivity contribution in [3.8, 4) is 0 Å². The first-order valence-electron chi connectivity index (χ1n) is 7.83. The number of rotatable bonds is 4. The average Bonchev–Trinajstić information content (AvgIpc) is 3.08. The molecule has 7 heteroatoms. The molecule has 3 amide bonds. The Labute approximate surface area is 144 Å². The highest BCUT2D eigenvalue weighted by Crippen LogP contribution is 2.33. The van der Waals surface area contributed by atoms with E-state index in [0.29, 0.717) is 6.54 Å². The Kier molecular flexibility index (Phi) is 4.71. The van der Waals surface area contributed by atoms with Gasteiger partial charge in [-0.15, -0.1) is 11.3 Å². The van der Waals surface area contributed by atoms with Gasteiger partial charge in [-0.3, -0.25) is 4.79 Å². The average molecular weight is 344 g/mol. The van der Waals surface area contributed by atoms with Gasteiger partial charge < -0.3 is 21.7 Å². The molecule has 6 nitrogen and oxygen atoms in total. The van der Waals surface area contributed by atoms with Gasteiger partial charge in [0.2, 0.25) is 5.91 Å². The van der Waals surface area contributed by atoms with Gasteiger partial charge in [-0.25, -0.2) is 4.79 Å². The number of carbonyl (C=O) groups excluding carboxylic acids is 2. The molecule has 5 N–H and O–H groups in total. The molecule has 2 heterocycles. The smallest absolute Gasteiger partial charge is 0.312 e. The number of urea groups is 1. The lowest BCUT2D eigenvalue weighted by Crippen LogP contribution is -2.40. The number of benzene rings is 1. The normalized spacial score (nSPS) is 14.8. The van der Waals surface area contributed by atoms with E-state index in [0.717, 1.165) is 34.7 Å². The number of fused-ring (bicyclic) bond motifs is 1. The highest BCUT2D eigenvalue weighted by molar-refractivity contribution is 7.10. The van der Waals surface area contributed by atoms with Gasteiger partial charge in [-0.05, 0) is 42.0 Å². The fourth-order valence-electron chi connectivity index (χ4n) is 3.08. The summed E-state index contributed by atoms with van der Waals surface area (Å²) in [5.41, 5.74) is 13.9. The third-order valence-corrected chi connectivity index (χ3v) is 5.16. The summed E-state index contributed by atoms with van der Waals surface area (Å²) in [5.74, 6) is -0.0475. The van der Waals surface area contributed by atoms with Crippen LogP contribution in [-0.2, 0) is 11.2 Å². The van der Waals surface area contributed by atoms with E-state index < -0.39 is 12.1 Å². The lowest BCUT2D eigenvalue weighted by molar-refractivity contribution is -0.119. The van der Waals surface area contributed by atoms with Gasteiger partial charge in [-0.2, -0.15) is 0 Å². The van der Waals surface area contributed by atoms with Gasteiger partial charge in [0, 0.05) is 22.8 Å². The van der Waals surface area contributed by atoms with E-state index in [9.17, 15) is 9.59 Å². The Morgan fingerprint density at radius 3 is 2.83 bits per heavy atom. The number of anilines is 2. The Bertz CT molecular complexity index is 745. The van der Waals surface area contributed by atoms with E-state index in [1.165, 1.54) is 11.3 Å². The maximum atomic E-state index is 12.9. The second kappa shape index (κ2) is 6.92. The summed E-state index contributed by atoms with van der Waals surface area (Å²) in [6.45, 7) is 0.656. The number of nitrogens with two attached hydrogens (primary N) is 2. The molecule has 3 rings (SSSR count). The lowest BCUT2D eigenvalue weighted by Gasteiger charge is -2.31. The molecule has 1 aliphatic heterocycles. The number of nitrogen functional groups attached to an aromatic ring is 1. The monoisotopic (exact) mass is 344 g/mol. The second-order valence-corrected chi connectivity index (χ2v) is 6.75. The van der Waals surface area contributed by atoms with Crippen LogP contribution >= 0.6 is 11.3 Å². The zero-order valence-electron chi connectivity index (χ0n) is 13.2. The molecule has 1 atom stereocenters. The Morgan fingerprint density at radius 2 is 2.12 bits per heavy atom. The van der Waals surface area contributed by atoms with Crippen LogP contribution in [0.3, 0.4) is 0 Å². The highest BCUT2D eigenvalue weighted by Gasteiger charge is 2.27. The molecule has 24 heavy (non-hydrogen) atoms.